The Labute approximate surface area is 178 Å². The van der Waals surface area contributed by atoms with Crippen LogP contribution in [0, 0.1) is 5.92 Å². The van der Waals surface area contributed by atoms with Gasteiger partial charge in [0, 0.05) is 25.2 Å². The van der Waals surface area contributed by atoms with Crippen molar-refractivity contribution >= 4 is 5.91 Å². The highest BCUT2D eigenvalue weighted by atomic mass is 16.5. The van der Waals surface area contributed by atoms with E-state index in [1.54, 1.807) is 20.4 Å². The Kier molecular flexibility index (Phi) is 6.27. The molecule has 162 valence electrons. The van der Waals surface area contributed by atoms with Gasteiger partial charge in [-0.1, -0.05) is 6.42 Å². The summed E-state index contributed by atoms with van der Waals surface area (Å²) in [5, 5.41) is 7.15. The van der Waals surface area contributed by atoms with Crippen LogP contribution >= 0.6 is 0 Å². The molecule has 30 heavy (non-hydrogen) atoms. The molecular weight excluding hydrogens is 380 g/mol. The maximum atomic E-state index is 13.3. The summed E-state index contributed by atoms with van der Waals surface area (Å²) in [5.74, 6) is 1.82. The molecule has 0 unspecified atom stereocenters. The summed E-state index contributed by atoms with van der Waals surface area (Å²) in [6.07, 6.45) is 7.93. The van der Waals surface area contributed by atoms with Gasteiger partial charge < -0.3 is 19.3 Å². The number of benzene rings is 1. The normalized spacial score (nSPS) is 21.7. The van der Waals surface area contributed by atoms with Gasteiger partial charge in [-0.2, -0.15) is 5.10 Å². The molecule has 0 aliphatic carbocycles. The number of rotatable bonds is 6. The number of fused-ring (bicyclic) bond motifs is 1. The second-order valence-electron chi connectivity index (χ2n) is 8.42. The highest BCUT2D eigenvalue weighted by Crippen LogP contribution is 2.34. The smallest absolute Gasteiger partial charge is 0.257 e. The average molecular weight is 413 g/mol. The lowest BCUT2D eigenvalue weighted by molar-refractivity contribution is 0.0403. The van der Waals surface area contributed by atoms with Crippen LogP contribution in [-0.2, 0) is 0 Å². The van der Waals surface area contributed by atoms with Gasteiger partial charge in [0.1, 0.15) is 0 Å². The molecule has 2 fully saturated rings. The molecule has 2 saturated heterocycles. The number of aromatic amines is 1. The molecule has 1 aromatic carbocycles. The molecule has 4 rings (SSSR count). The van der Waals surface area contributed by atoms with Gasteiger partial charge in [0.2, 0.25) is 0 Å². The molecule has 0 saturated carbocycles. The third-order valence-corrected chi connectivity index (χ3v) is 6.63. The van der Waals surface area contributed by atoms with Crippen LogP contribution in [-0.4, -0.2) is 72.8 Å². The molecule has 2 aliphatic rings. The van der Waals surface area contributed by atoms with E-state index in [-0.39, 0.29) is 5.91 Å². The number of H-pyrrole nitrogens is 1. The zero-order valence-corrected chi connectivity index (χ0v) is 18.2. The average Bonchev–Trinajstić information content (AvgIpc) is 3.28. The van der Waals surface area contributed by atoms with Crippen LogP contribution in [0.4, 0.5) is 0 Å². The van der Waals surface area contributed by atoms with E-state index in [1.807, 2.05) is 30.1 Å². The van der Waals surface area contributed by atoms with Gasteiger partial charge in [-0.3, -0.25) is 9.89 Å². The Bertz CT molecular complexity index is 879. The van der Waals surface area contributed by atoms with Crippen molar-refractivity contribution in [1.82, 2.24) is 20.0 Å². The predicted octanol–water partition coefficient (Wildman–Crippen LogP) is 3.43. The van der Waals surface area contributed by atoms with Crippen LogP contribution in [0.15, 0.2) is 24.4 Å². The number of methoxy groups -OCH3 is 2. The molecule has 2 atom stereocenters. The second kappa shape index (κ2) is 9.08. The summed E-state index contributed by atoms with van der Waals surface area (Å²) < 4.78 is 10.7. The lowest BCUT2D eigenvalue weighted by Crippen LogP contribution is -2.51. The maximum absolute atomic E-state index is 13.3. The van der Waals surface area contributed by atoms with Gasteiger partial charge >= 0.3 is 0 Å². The number of hydrogen-bond donors (Lipinski definition) is 1. The van der Waals surface area contributed by atoms with E-state index in [9.17, 15) is 4.79 Å². The van der Waals surface area contributed by atoms with Gasteiger partial charge in [-0.25, -0.2) is 0 Å². The monoisotopic (exact) mass is 412 g/mol. The van der Waals surface area contributed by atoms with Crippen molar-refractivity contribution in [2.75, 3.05) is 40.9 Å². The lowest BCUT2D eigenvalue weighted by Gasteiger charge is -2.45. The number of hydrogen-bond acceptors (Lipinski definition) is 5. The van der Waals surface area contributed by atoms with Gasteiger partial charge in [0.15, 0.2) is 11.5 Å². The molecule has 1 N–H and O–H groups in total. The fourth-order valence-electron chi connectivity index (χ4n) is 5.09. The number of piperidine rings is 2. The van der Waals surface area contributed by atoms with Gasteiger partial charge in [-0.15, -0.1) is 0 Å². The van der Waals surface area contributed by atoms with E-state index >= 15 is 0 Å². The minimum Gasteiger partial charge on any atom is -0.493 e. The number of nitrogens with one attached hydrogen (secondary N) is 1. The highest BCUT2D eigenvalue weighted by Gasteiger charge is 2.34. The Morgan fingerprint density at radius 3 is 2.77 bits per heavy atom. The van der Waals surface area contributed by atoms with Gasteiger partial charge in [0.25, 0.3) is 5.91 Å². The molecular formula is C23H32N4O3. The zero-order chi connectivity index (χ0) is 21.1. The SMILES string of the molecule is COc1ccc(-c2[nH]ncc2C(=O)N(C)C[C@H]2CCCN3CCCC[C@H]23)cc1OC. The summed E-state index contributed by atoms with van der Waals surface area (Å²) in [5.41, 5.74) is 2.13. The van der Waals surface area contributed by atoms with Crippen LogP contribution in [0.3, 0.4) is 0 Å². The maximum Gasteiger partial charge on any atom is 0.257 e. The van der Waals surface area contributed by atoms with Gasteiger partial charge in [-0.05, 0) is 62.9 Å². The van der Waals surface area contributed by atoms with Crippen molar-refractivity contribution in [3.8, 4) is 22.8 Å². The van der Waals surface area contributed by atoms with Crippen LogP contribution in [0.2, 0.25) is 0 Å². The van der Waals surface area contributed by atoms with Crippen LogP contribution in [0.5, 0.6) is 11.5 Å². The summed E-state index contributed by atoms with van der Waals surface area (Å²) in [6, 6.07) is 6.24. The zero-order valence-electron chi connectivity index (χ0n) is 18.2. The quantitative estimate of drug-likeness (QED) is 0.787. The summed E-state index contributed by atoms with van der Waals surface area (Å²) >= 11 is 0. The summed E-state index contributed by atoms with van der Waals surface area (Å²) in [6.45, 7) is 3.21. The lowest BCUT2D eigenvalue weighted by atomic mass is 9.83. The van der Waals surface area contributed by atoms with Crippen molar-refractivity contribution in [1.29, 1.82) is 0 Å². The molecule has 0 spiro atoms. The van der Waals surface area contributed by atoms with Crippen molar-refractivity contribution in [3.63, 3.8) is 0 Å². The minimum atomic E-state index is 0.00136. The number of carbonyl (C=O) groups is 1. The topological polar surface area (TPSA) is 70.7 Å². The molecule has 2 aliphatic heterocycles. The van der Waals surface area contributed by atoms with Crippen LogP contribution in [0.1, 0.15) is 42.5 Å². The van der Waals surface area contributed by atoms with E-state index < -0.39 is 0 Å². The summed E-state index contributed by atoms with van der Waals surface area (Å²) in [4.78, 5) is 17.8. The fraction of sp³-hybridized carbons (Fsp3) is 0.565. The van der Waals surface area contributed by atoms with E-state index in [0.29, 0.717) is 34.7 Å². The Morgan fingerprint density at radius 2 is 1.97 bits per heavy atom. The Hall–Kier alpha value is -2.54. The minimum absolute atomic E-state index is 0.00136. The van der Waals surface area contributed by atoms with Crippen molar-refractivity contribution in [3.05, 3.63) is 30.0 Å². The largest absolute Gasteiger partial charge is 0.493 e. The van der Waals surface area contributed by atoms with Gasteiger partial charge in [0.05, 0.1) is 31.7 Å². The molecule has 1 aromatic heterocycles. The first-order chi connectivity index (χ1) is 14.6. The van der Waals surface area contributed by atoms with E-state index in [0.717, 1.165) is 12.1 Å². The Morgan fingerprint density at radius 1 is 1.17 bits per heavy atom. The first kappa shape index (κ1) is 20.7. The van der Waals surface area contributed by atoms with E-state index in [1.165, 1.54) is 45.2 Å². The number of nitrogens with zero attached hydrogens (tertiary/aromatic N) is 3. The predicted molar refractivity (Wildman–Crippen MR) is 116 cm³/mol. The molecule has 3 heterocycles. The third kappa shape index (κ3) is 4.03. The molecule has 2 aromatic rings. The van der Waals surface area contributed by atoms with Crippen molar-refractivity contribution in [2.24, 2.45) is 5.92 Å². The molecule has 7 nitrogen and oxygen atoms in total. The molecule has 0 bridgehead atoms. The van der Waals surface area contributed by atoms with Crippen LogP contribution < -0.4 is 9.47 Å². The summed E-state index contributed by atoms with van der Waals surface area (Å²) in [7, 11) is 5.12. The number of aromatic nitrogens is 2. The van der Waals surface area contributed by atoms with E-state index in [4.69, 9.17) is 9.47 Å². The number of carbonyl (C=O) groups excluding carboxylic acids is 1. The number of ether oxygens (including phenoxy) is 2. The molecule has 0 radical (unpaired) electrons. The first-order valence-corrected chi connectivity index (χ1v) is 10.9. The Balaban J connectivity index is 1.51. The van der Waals surface area contributed by atoms with Crippen LogP contribution in [0.25, 0.3) is 11.3 Å². The first-order valence-electron chi connectivity index (χ1n) is 10.9. The third-order valence-electron chi connectivity index (χ3n) is 6.63. The molecule has 1 amide bonds. The second-order valence-corrected chi connectivity index (χ2v) is 8.42. The van der Waals surface area contributed by atoms with Crippen molar-refractivity contribution in [2.45, 2.75) is 38.1 Å². The van der Waals surface area contributed by atoms with E-state index in [2.05, 4.69) is 15.1 Å². The standard InChI is InChI=1S/C23H32N4O3/c1-26(15-17-7-6-12-27-11-5-4-8-19(17)27)23(28)18-14-24-25-22(18)16-9-10-20(29-2)21(13-16)30-3/h9-10,13-14,17,19H,4-8,11-12,15H2,1-3H3,(H,24,25)/t17-,19-/m1/s1. The highest BCUT2D eigenvalue weighted by molar-refractivity contribution is 5.99. The molecule has 7 heteroatoms. The number of amides is 1. The fourth-order valence-corrected chi connectivity index (χ4v) is 5.09. The van der Waals surface area contributed by atoms with Crippen molar-refractivity contribution < 1.29 is 14.3 Å².